The molecule has 7 heteroatoms. The zero-order valence-corrected chi connectivity index (χ0v) is 12.8. The molecule has 1 aliphatic heterocycles. The fraction of sp³-hybridized carbons (Fsp3) is 0.467. The number of nitrogens with two attached hydrogens (primary N) is 1. The molecule has 118 valence electrons. The molecule has 22 heavy (non-hydrogen) atoms. The van der Waals surface area contributed by atoms with Crippen LogP contribution in [0.25, 0.3) is 0 Å². The van der Waals surface area contributed by atoms with Crippen LogP contribution in [0, 0.1) is 0 Å². The summed E-state index contributed by atoms with van der Waals surface area (Å²) in [5.74, 6) is 1.28. The molecule has 0 amide bonds. The molecular formula is C15H22N5O2+. The number of hydrogen-bond acceptors (Lipinski definition) is 6. The first-order valence-electron chi connectivity index (χ1n) is 7.48. The van der Waals surface area contributed by atoms with E-state index in [0.29, 0.717) is 5.88 Å². The number of rotatable bonds is 5. The highest BCUT2D eigenvalue weighted by Gasteiger charge is 2.20. The topological polar surface area (TPSA) is 71.6 Å². The average molecular weight is 304 g/mol. The van der Waals surface area contributed by atoms with Gasteiger partial charge in [0.2, 0.25) is 5.27 Å². The molecule has 0 radical (unpaired) electrons. The summed E-state index contributed by atoms with van der Waals surface area (Å²) >= 11 is 0. The van der Waals surface area contributed by atoms with Crippen molar-refractivity contribution >= 4 is 11.6 Å². The lowest BCUT2D eigenvalue weighted by Gasteiger charge is -2.35. The molecule has 1 aliphatic rings. The number of anilines is 2. The number of ether oxygens (including phenoxy) is 1. The minimum absolute atomic E-state index is 0.348. The first kappa shape index (κ1) is 14.6. The van der Waals surface area contributed by atoms with Crippen LogP contribution in [-0.4, -0.2) is 50.0 Å². The number of methoxy groups -OCH3 is 1. The first-order chi connectivity index (χ1) is 10.8. The molecule has 1 saturated heterocycles. The maximum Gasteiger partial charge on any atom is 0.293 e. The van der Waals surface area contributed by atoms with E-state index >= 15 is 0 Å². The van der Waals surface area contributed by atoms with E-state index < -0.39 is 0 Å². The predicted molar refractivity (Wildman–Crippen MR) is 82.8 cm³/mol. The number of piperazine rings is 1. The zero-order chi connectivity index (χ0) is 15.4. The Balaban J connectivity index is 1.52. The number of aromatic nitrogens is 2. The van der Waals surface area contributed by atoms with Crippen LogP contribution in [0.1, 0.15) is 0 Å². The minimum atomic E-state index is 0.348. The highest BCUT2D eigenvalue weighted by atomic mass is 16.5. The van der Waals surface area contributed by atoms with Gasteiger partial charge in [-0.25, -0.2) is 0 Å². The van der Waals surface area contributed by atoms with Gasteiger partial charge < -0.3 is 15.4 Å². The molecule has 0 atom stereocenters. The van der Waals surface area contributed by atoms with Gasteiger partial charge in [0.1, 0.15) is 5.75 Å². The minimum Gasteiger partial charge on any atom is -0.495 e. The second-order valence-corrected chi connectivity index (χ2v) is 5.37. The third-order valence-corrected chi connectivity index (χ3v) is 3.97. The van der Waals surface area contributed by atoms with Crippen LogP contribution in [0.15, 0.2) is 35.0 Å². The van der Waals surface area contributed by atoms with Gasteiger partial charge in [-0.3, -0.25) is 9.42 Å². The highest BCUT2D eigenvalue weighted by Crippen LogP contribution is 2.28. The quantitative estimate of drug-likeness (QED) is 0.805. The van der Waals surface area contributed by atoms with E-state index in [1.165, 1.54) is 5.69 Å². The number of benzene rings is 1. The Bertz CT molecular complexity index is 607. The van der Waals surface area contributed by atoms with Crippen LogP contribution in [0.5, 0.6) is 5.75 Å². The van der Waals surface area contributed by atoms with Gasteiger partial charge in [-0.1, -0.05) is 12.1 Å². The number of hydrogen-bond donors (Lipinski definition) is 1. The fourth-order valence-corrected chi connectivity index (χ4v) is 2.75. The first-order valence-corrected chi connectivity index (χ1v) is 7.48. The largest absolute Gasteiger partial charge is 0.495 e. The summed E-state index contributed by atoms with van der Waals surface area (Å²) < 4.78 is 12.0. The lowest BCUT2D eigenvalue weighted by molar-refractivity contribution is -0.761. The molecular weight excluding hydrogens is 282 g/mol. The summed E-state index contributed by atoms with van der Waals surface area (Å²) in [7, 11) is 1.72. The second kappa shape index (κ2) is 6.65. The van der Waals surface area contributed by atoms with Crippen molar-refractivity contribution in [3.8, 4) is 5.75 Å². The predicted octanol–water partition coefficient (Wildman–Crippen LogP) is 0.375. The van der Waals surface area contributed by atoms with Crippen LogP contribution in [0.2, 0.25) is 0 Å². The lowest BCUT2D eigenvalue weighted by atomic mass is 10.2. The molecule has 7 nitrogen and oxygen atoms in total. The Morgan fingerprint density at radius 2 is 2.05 bits per heavy atom. The molecule has 1 aromatic heterocycles. The molecule has 0 unspecified atom stereocenters. The summed E-state index contributed by atoms with van der Waals surface area (Å²) in [5.41, 5.74) is 6.68. The number of para-hydroxylation sites is 2. The maximum atomic E-state index is 5.52. The fourth-order valence-electron chi connectivity index (χ4n) is 2.75. The van der Waals surface area contributed by atoms with Crippen molar-refractivity contribution in [2.75, 3.05) is 50.5 Å². The van der Waals surface area contributed by atoms with Crippen molar-refractivity contribution in [2.24, 2.45) is 0 Å². The highest BCUT2D eigenvalue weighted by molar-refractivity contribution is 5.58. The van der Waals surface area contributed by atoms with E-state index in [-0.39, 0.29) is 0 Å². The van der Waals surface area contributed by atoms with Gasteiger partial charge in [-0.2, -0.15) is 0 Å². The molecule has 2 aromatic rings. The standard InChI is InChI=1S/C15H22N5O2/c1-21-14-5-3-2-4-13(14)19-9-6-18(7-10-19)8-11-20-12-15(16)22-17-20/h2-5,12H,6-11,16H2,1H3/q+1. The molecule has 1 aromatic carbocycles. The van der Waals surface area contributed by atoms with Crippen molar-refractivity contribution < 1.29 is 13.9 Å². The Labute approximate surface area is 129 Å². The Morgan fingerprint density at radius 1 is 1.27 bits per heavy atom. The van der Waals surface area contributed by atoms with Gasteiger partial charge in [0, 0.05) is 26.2 Å². The van der Waals surface area contributed by atoms with Crippen LogP contribution in [0.3, 0.4) is 0 Å². The Kier molecular flexibility index (Phi) is 4.43. The second-order valence-electron chi connectivity index (χ2n) is 5.37. The van der Waals surface area contributed by atoms with Crippen molar-refractivity contribution in [3.05, 3.63) is 30.5 Å². The summed E-state index contributed by atoms with van der Waals surface area (Å²) in [6.45, 7) is 5.75. The van der Waals surface area contributed by atoms with Gasteiger partial charge in [0.15, 0.2) is 6.54 Å². The molecule has 0 bridgehead atoms. The van der Waals surface area contributed by atoms with Crippen LogP contribution in [0.4, 0.5) is 11.6 Å². The maximum absolute atomic E-state index is 5.52. The van der Waals surface area contributed by atoms with Crippen molar-refractivity contribution in [1.82, 2.24) is 10.2 Å². The van der Waals surface area contributed by atoms with Crippen molar-refractivity contribution in [3.63, 3.8) is 0 Å². The van der Waals surface area contributed by atoms with E-state index in [0.717, 1.165) is 45.0 Å². The normalized spacial score (nSPS) is 16.0. The van der Waals surface area contributed by atoms with Gasteiger partial charge >= 0.3 is 0 Å². The molecule has 0 spiro atoms. The molecule has 3 rings (SSSR count). The molecule has 0 aliphatic carbocycles. The average Bonchev–Trinajstić information content (AvgIpc) is 2.99. The van der Waals surface area contributed by atoms with E-state index in [1.54, 1.807) is 18.0 Å². The third kappa shape index (κ3) is 3.30. The van der Waals surface area contributed by atoms with E-state index in [9.17, 15) is 0 Å². The summed E-state index contributed by atoms with van der Waals surface area (Å²) in [4.78, 5) is 4.79. The molecule has 1 fully saturated rings. The van der Waals surface area contributed by atoms with E-state index in [2.05, 4.69) is 27.2 Å². The molecule has 0 saturated carbocycles. The summed E-state index contributed by atoms with van der Waals surface area (Å²) in [5, 5.41) is 3.85. The van der Waals surface area contributed by atoms with Crippen molar-refractivity contribution in [1.29, 1.82) is 0 Å². The lowest BCUT2D eigenvalue weighted by Crippen LogP contribution is -2.50. The van der Waals surface area contributed by atoms with Crippen LogP contribution >= 0.6 is 0 Å². The summed E-state index contributed by atoms with van der Waals surface area (Å²) in [6.07, 6.45) is 1.71. The van der Waals surface area contributed by atoms with Gasteiger partial charge in [-0.15, -0.1) is 0 Å². The van der Waals surface area contributed by atoms with E-state index in [4.69, 9.17) is 15.0 Å². The van der Waals surface area contributed by atoms with Crippen LogP contribution in [-0.2, 0) is 6.54 Å². The van der Waals surface area contributed by atoms with Gasteiger partial charge in [0.05, 0.1) is 19.3 Å². The Hall–Kier alpha value is -2.28. The number of nitrogens with zero attached hydrogens (tertiary/aromatic N) is 4. The molecule has 2 heterocycles. The third-order valence-electron chi connectivity index (χ3n) is 3.97. The number of nitrogen functional groups attached to an aromatic ring is 1. The van der Waals surface area contributed by atoms with Gasteiger partial charge in [0.25, 0.3) is 12.1 Å². The van der Waals surface area contributed by atoms with Gasteiger partial charge in [-0.05, 0) is 16.8 Å². The zero-order valence-electron chi connectivity index (χ0n) is 12.8. The SMILES string of the molecule is COc1ccccc1N1CCN(CC[n+]2cc(N)on2)CC1. The summed E-state index contributed by atoms with van der Waals surface area (Å²) in [6, 6.07) is 8.17. The molecule has 2 N–H and O–H groups in total. The van der Waals surface area contributed by atoms with Crippen LogP contribution < -0.4 is 20.1 Å². The smallest absolute Gasteiger partial charge is 0.293 e. The Morgan fingerprint density at radius 3 is 2.73 bits per heavy atom. The van der Waals surface area contributed by atoms with E-state index in [1.807, 2.05) is 12.1 Å². The monoisotopic (exact) mass is 304 g/mol. The van der Waals surface area contributed by atoms with Crippen molar-refractivity contribution in [2.45, 2.75) is 6.54 Å².